The van der Waals surface area contributed by atoms with Crippen LogP contribution in [0.5, 0.6) is 0 Å². The van der Waals surface area contributed by atoms with Gasteiger partial charge >= 0.3 is 5.97 Å². The fraction of sp³-hybridized carbons (Fsp3) is 0.467. The Balaban J connectivity index is 2.17. The van der Waals surface area contributed by atoms with E-state index in [4.69, 9.17) is 28.3 Å². The summed E-state index contributed by atoms with van der Waals surface area (Å²) in [5.41, 5.74) is -0.271. The molecule has 1 aromatic carbocycles. The van der Waals surface area contributed by atoms with Gasteiger partial charge in [0, 0.05) is 5.56 Å². The average molecular weight is 330 g/mol. The van der Waals surface area contributed by atoms with E-state index in [1.54, 1.807) is 12.1 Å². The molecule has 1 aliphatic rings. The number of amides is 1. The first-order valence-corrected chi connectivity index (χ1v) is 7.67. The molecule has 2 rings (SSSR count). The van der Waals surface area contributed by atoms with Gasteiger partial charge in [-0.1, -0.05) is 42.5 Å². The number of aliphatic carboxylic acids is 1. The molecule has 0 heterocycles. The highest BCUT2D eigenvalue weighted by Gasteiger charge is 2.36. The summed E-state index contributed by atoms with van der Waals surface area (Å²) in [7, 11) is 0. The van der Waals surface area contributed by atoms with Gasteiger partial charge in [0.2, 0.25) is 0 Å². The largest absolute Gasteiger partial charge is 0.481 e. The quantitative estimate of drug-likeness (QED) is 0.880. The Kier molecular flexibility index (Phi) is 5.12. The van der Waals surface area contributed by atoms with Crippen molar-refractivity contribution in [3.8, 4) is 0 Å². The molecular formula is C15H17Cl2NO3. The van der Waals surface area contributed by atoms with Crippen LogP contribution < -0.4 is 5.32 Å². The van der Waals surface area contributed by atoms with Gasteiger partial charge in [-0.3, -0.25) is 9.59 Å². The zero-order valence-electron chi connectivity index (χ0n) is 11.5. The molecule has 0 atom stereocenters. The number of rotatable bonds is 4. The van der Waals surface area contributed by atoms with Crippen LogP contribution in [0.4, 0.5) is 0 Å². The van der Waals surface area contributed by atoms with Crippen molar-refractivity contribution in [2.75, 3.05) is 0 Å². The number of hydrogen-bond acceptors (Lipinski definition) is 2. The lowest BCUT2D eigenvalue weighted by atomic mass is 9.79. The maximum Gasteiger partial charge on any atom is 0.305 e. The van der Waals surface area contributed by atoms with E-state index >= 15 is 0 Å². The molecule has 0 saturated heterocycles. The third kappa shape index (κ3) is 4.11. The zero-order valence-corrected chi connectivity index (χ0v) is 13.0. The highest BCUT2D eigenvalue weighted by atomic mass is 35.5. The van der Waals surface area contributed by atoms with Crippen LogP contribution in [0.15, 0.2) is 18.2 Å². The molecule has 2 N–H and O–H groups in total. The van der Waals surface area contributed by atoms with Crippen LogP contribution in [0.25, 0.3) is 0 Å². The second-order valence-corrected chi connectivity index (χ2v) is 6.31. The fourth-order valence-electron chi connectivity index (χ4n) is 2.81. The third-order valence-corrected chi connectivity index (χ3v) is 4.60. The first kappa shape index (κ1) is 16.1. The first-order chi connectivity index (χ1) is 9.92. The van der Waals surface area contributed by atoms with Crippen LogP contribution in [-0.4, -0.2) is 22.5 Å². The van der Waals surface area contributed by atoms with Crippen molar-refractivity contribution in [1.29, 1.82) is 0 Å². The summed E-state index contributed by atoms with van der Waals surface area (Å²) in [5, 5.41) is 12.7. The van der Waals surface area contributed by atoms with Gasteiger partial charge in [-0.25, -0.2) is 0 Å². The molecule has 1 saturated carbocycles. The monoisotopic (exact) mass is 329 g/mol. The van der Waals surface area contributed by atoms with Crippen molar-refractivity contribution in [2.24, 2.45) is 0 Å². The Morgan fingerprint density at radius 1 is 1.14 bits per heavy atom. The molecule has 6 heteroatoms. The molecule has 0 aliphatic heterocycles. The predicted molar refractivity (Wildman–Crippen MR) is 82.0 cm³/mol. The third-order valence-electron chi connectivity index (χ3n) is 3.86. The van der Waals surface area contributed by atoms with Crippen LogP contribution in [-0.2, 0) is 4.79 Å². The van der Waals surface area contributed by atoms with E-state index in [9.17, 15) is 9.59 Å². The summed E-state index contributed by atoms with van der Waals surface area (Å²) in [4.78, 5) is 23.5. The SMILES string of the molecule is O=C(O)CC1(NC(=O)c2ccc(Cl)c(Cl)c2)CCCCC1. The number of hydrogen-bond donors (Lipinski definition) is 2. The van der Waals surface area contributed by atoms with Crippen molar-refractivity contribution < 1.29 is 14.7 Å². The average Bonchev–Trinajstić information content (AvgIpc) is 2.41. The first-order valence-electron chi connectivity index (χ1n) is 6.91. The second kappa shape index (κ2) is 6.67. The maximum atomic E-state index is 12.4. The van der Waals surface area contributed by atoms with Crippen molar-refractivity contribution in [2.45, 2.75) is 44.1 Å². The van der Waals surface area contributed by atoms with Crippen LogP contribution in [0, 0.1) is 0 Å². The van der Waals surface area contributed by atoms with Gasteiger partial charge in [0.25, 0.3) is 5.91 Å². The van der Waals surface area contributed by atoms with Crippen LogP contribution in [0.2, 0.25) is 10.0 Å². The minimum absolute atomic E-state index is 0.0555. The number of nitrogens with one attached hydrogen (secondary N) is 1. The van der Waals surface area contributed by atoms with Crippen molar-refractivity contribution in [3.05, 3.63) is 33.8 Å². The Morgan fingerprint density at radius 3 is 2.38 bits per heavy atom. The number of carbonyl (C=O) groups is 2. The van der Waals surface area contributed by atoms with Gasteiger partial charge in [-0.05, 0) is 31.0 Å². The smallest absolute Gasteiger partial charge is 0.305 e. The second-order valence-electron chi connectivity index (χ2n) is 5.49. The molecule has 1 fully saturated rings. The normalized spacial score (nSPS) is 17.2. The van der Waals surface area contributed by atoms with Crippen molar-refractivity contribution >= 4 is 35.1 Å². The lowest BCUT2D eigenvalue weighted by molar-refractivity contribution is -0.139. The molecule has 0 unspecified atom stereocenters. The summed E-state index contributed by atoms with van der Waals surface area (Å²) in [6, 6.07) is 4.64. The number of carboxylic acid groups (broad SMARTS) is 1. The Bertz CT molecular complexity index is 554. The molecule has 1 aliphatic carbocycles. The summed E-state index contributed by atoms with van der Waals surface area (Å²) >= 11 is 11.7. The Hall–Kier alpha value is -1.26. The molecule has 21 heavy (non-hydrogen) atoms. The predicted octanol–water partition coefficient (Wildman–Crippen LogP) is 3.90. The van der Waals surface area contributed by atoms with Gasteiger partial charge in [0.05, 0.1) is 22.0 Å². The lowest BCUT2D eigenvalue weighted by Gasteiger charge is -2.37. The number of carboxylic acids is 1. The molecule has 1 aromatic rings. The fourth-order valence-corrected chi connectivity index (χ4v) is 3.11. The topological polar surface area (TPSA) is 66.4 Å². The van der Waals surface area contributed by atoms with Gasteiger partial charge in [0.15, 0.2) is 0 Å². The number of benzene rings is 1. The number of carbonyl (C=O) groups excluding carboxylic acids is 1. The molecular weight excluding hydrogens is 313 g/mol. The zero-order chi connectivity index (χ0) is 15.5. The van der Waals surface area contributed by atoms with E-state index < -0.39 is 11.5 Å². The molecule has 114 valence electrons. The minimum Gasteiger partial charge on any atom is -0.481 e. The highest BCUT2D eigenvalue weighted by Crippen LogP contribution is 2.32. The summed E-state index contributed by atoms with van der Waals surface area (Å²) in [6.45, 7) is 0. The minimum atomic E-state index is -0.897. The molecule has 1 amide bonds. The summed E-state index contributed by atoms with van der Waals surface area (Å²) in [5.74, 6) is -1.21. The van der Waals surface area contributed by atoms with Crippen molar-refractivity contribution in [1.82, 2.24) is 5.32 Å². The highest BCUT2D eigenvalue weighted by molar-refractivity contribution is 6.42. The van der Waals surface area contributed by atoms with Crippen molar-refractivity contribution in [3.63, 3.8) is 0 Å². The molecule has 0 aromatic heterocycles. The molecule has 0 bridgehead atoms. The van der Waals surface area contributed by atoms with E-state index in [1.807, 2.05) is 0 Å². The Labute approximate surface area is 133 Å². The van der Waals surface area contributed by atoms with E-state index in [-0.39, 0.29) is 12.3 Å². The van der Waals surface area contributed by atoms with Gasteiger partial charge < -0.3 is 10.4 Å². The van der Waals surface area contributed by atoms with Gasteiger partial charge in [-0.15, -0.1) is 0 Å². The Morgan fingerprint density at radius 2 is 1.81 bits per heavy atom. The van der Waals surface area contributed by atoms with E-state index in [0.717, 1.165) is 19.3 Å². The number of halogens is 2. The molecule has 0 spiro atoms. The molecule has 4 nitrogen and oxygen atoms in total. The maximum absolute atomic E-state index is 12.4. The van der Waals surface area contributed by atoms with Gasteiger partial charge in [-0.2, -0.15) is 0 Å². The molecule has 0 radical (unpaired) electrons. The lowest BCUT2D eigenvalue weighted by Crippen LogP contribution is -2.51. The standard InChI is InChI=1S/C15H17Cl2NO3/c16-11-5-4-10(8-12(11)17)14(21)18-15(9-13(19)20)6-2-1-3-7-15/h4-5,8H,1-3,6-7,9H2,(H,18,21)(H,19,20). The van der Waals surface area contributed by atoms with Crippen LogP contribution >= 0.6 is 23.2 Å². The van der Waals surface area contributed by atoms with Crippen LogP contribution in [0.1, 0.15) is 48.9 Å². The van der Waals surface area contributed by atoms with E-state index in [2.05, 4.69) is 5.32 Å². The van der Waals surface area contributed by atoms with Gasteiger partial charge in [0.1, 0.15) is 0 Å². The van der Waals surface area contributed by atoms with Crippen LogP contribution in [0.3, 0.4) is 0 Å². The van der Waals surface area contributed by atoms with E-state index in [1.165, 1.54) is 6.07 Å². The van der Waals surface area contributed by atoms with E-state index in [0.29, 0.717) is 28.5 Å². The summed E-state index contributed by atoms with van der Waals surface area (Å²) in [6.07, 6.45) is 4.24. The summed E-state index contributed by atoms with van der Waals surface area (Å²) < 4.78 is 0.